The Bertz CT molecular complexity index is 1470. The molecule has 1 aliphatic heterocycles. The lowest BCUT2D eigenvalue weighted by atomic mass is 10.1. The number of aromatic nitrogens is 4. The predicted molar refractivity (Wildman–Crippen MR) is 125 cm³/mol. The van der Waals surface area contributed by atoms with Gasteiger partial charge in [0.05, 0.1) is 30.3 Å². The van der Waals surface area contributed by atoms with Crippen molar-refractivity contribution in [2.75, 3.05) is 18.0 Å². The highest BCUT2D eigenvalue weighted by Gasteiger charge is 2.32. The number of pyridine rings is 1. The highest BCUT2D eigenvalue weighted by Crippen LogP contribution is 2.28. The molecular formula is C25H20F2N6O3. The van der Waals surface area contributed by atoms with E-state index in [0.29, 0.717) is 36.1 Å². The number of hydrogen-bond donors (Lipinski definition) is 1. The summed E-state index contributed by atoms with van der Waals surface area (Å²) in [7, 11) is 0. The maximum absolute atomic E-state index is 14.0. The molecule has 0 aliphatic carbocycles. The van der Waals surface area contributed by atoms with Crippen LogP contribution in [0.3, 0.4) is 0 Å². The van der Waals surface area contributed by atoms with Crippen molar-refractivity contribution < 1.29 is 18.6 Å². The minimum atomic E-state index is -0.735. The molecule has 2 aromatic carbocycles. The molecule has 0 spiro atoms. The van der Waals surface area contributed by atoms with E-state index >= 15 is 0 Å². The Balaban J connectivity index is 1.30. The zero-order valence-corrected chi connectivity index (χ0v) is 18.8. The van der Waals surface area contributed by atoms with Crippen LogP contribution in [0, 0.1) is 28.9 Å². The second-order valence-electron chi connectivity index (χ2n) is 8.31. The van der Waals surface area contributed by atoms with Crippen molar-refractivity contribution in [1.29, 1.82) is 5.26 Å². The smallest absolute Gasteiger partial charge is 0.350 e. The number of β-amino-alcohol motifs (C(OH)–C–C–N with tert-alkyl or cyclic N) is 1. The van der Waals surface area contributed by atoms with Gasteiger partial charge in [-0.2, -0.15) is 15.0 Å². The Hall–Kier alpha value is -4.56. The number of ether oxygens (including phenoxy) is 1. The van der Waals surface area contributed by atoms with E-state index in [4.69, 9.17) is 10.00 Å². The number of hydrogen-bond acceptors (Lipinski definition) is 7. The van der Waals surface area contributed by atoms with Gasteiger partial charge in [0, 0.05) is 30.9 Å². The predicted octanol–water partition coefficient (Wildman–Crippen LogP) is 2.87. The lowest BCUT2D eigenvalue weighted by Crippen LogP contribution is -2.24. The summed E-state index contributed by atoms with van der Waals surface area (Å²) in [6.45, 7) is 0.411. The average molecular weight is 490 g/mol. The van der Waals surface area contributed by atoms with Crippen LogP contribution in [0.1, 0.15) is 5.56 Å². The standard InChI is InChI=1S/C25H20F2N6O3/c26-21-2-1-3-22(27)20(21)13-32-15-30-33(25(32)35)17-4-6-18(7-5-17)36-19-8-9-29-24(10-19)31-12-16(11-28)23(34)14-31/h1-10,15-16,23,34H,12-14H2. The van der Waals surface area contributed by atoms with Gasteiger partial charge >= 0.3 is 5.69 Å². The van der Waals surface area contributed by atoms with E-state index in [2.05, 4.69) is 16.2 Å². The molecule has 4 aromatic rings. The molecule has 11 heteroatoms. The molecule has 0 saturated carbocycles. The summed E-state index contributed by atoms with van der Waals surface area (Å²) in [6.07, 6.45) is 2.07. The number of nitriles is 1. The zero-order valence-electron chi connectivity index (χ0n) is 18.8. The third kappa shape index (κ3) is 4.54. The molecule has 3 heterocycles. The normalized spacial score (nSPS) is 17.2. The van der Waals surface area contributed by atoms with E-state index in [1.165, 1.54) is 12.4 Å². The number of anilines is 1. The van der Waals surface area contributed by atoms with Gasteiger partial charge in [0.25, 0.3) is 0 Å². The monoisotopic (exact) mass is 490 g/mol. The molecule has 2 unspecified atom stereocenters. The van der Waals surface area contributed by atoms with Crippen LogP contribution in [0.5, 0.6) is 11.5 Å². The Morgan fingerprint density at radius 3 is 2.53 bits per heavy atom. The van der Waals surface area contributed by atoms with Crippen LogP contribution in [0.2, 0.25) is 0 Å². The van der Waals surface area contributed by atoms with E-state index in [1.54, 1.807) is 42.6 Å². The molecule has 0 bridgehead atoms. The van der Waals surface area contributed by atoms with Gasteiger partial charge in [0.1, 0.15) is 35.3 Å². The molecule has 1 aliphatic rings. The highest BCUT2D eigenvalue weighted by atomic mass is 19.1. The second-order valence-corrected chi connectivity index (χ2v) is 8.31. The average Bonchev–Trinajstić information content (AvgIpc) is 3.44. The summed E-state index contributed by atoms with van der Waals surface area (Å²) < 4.78 is 36.1. The molecule has 1 N–H and O–H groups in total. The third-order valence-electron chi connectivity index (χ3n) is 5.94. The molecule has 9 nitrogen and oxygen atoms in total. The number of aliphatic hydroxyl groups excluding tert-OH is 1. The van der Waals surface area contributed by atoms with Gasteiger partial charge in [-0.1, -0.05) is 6.07 Å². The van der Waals surface area contributed by atoms with Gasteiger partial charge in [-0.3, -0.25) is 4.57 Å². The van der Waals surface area contributed by atoms with Crippen LogP contribution in [-0.2, 0) is 6.54 Å². The summed E-state index contributed by atoms with van der Waals surface area (Å²) in [4.78, 5) is 18.9. The summed E-state index contributed by atoms with van der Waals surface area (Å²) in [5.74, 6) is -0.350. The molecule has 1 fully saturated rings. The number of benzene rings is 2. The van der Waals surface area contributed by atoms with Crippen LogP contribution >= 0.6 is 0 Å². The fourth-order valence-corrected chi connectivity index (χ4v) is 4.00. The van der Waals surface area contributed by atoms with Crippen molar-refractivity contribution >= 4 is 5.82 Å². The minimum Gasteiger partial charge on any atom is -0.457 e. The molecule has 36 heavy (non-hydrogen) atoms. The molecule has 0 amide bonds. The van der Waals surface area contributed by atoms with Crippen molar-refractivity contribution in [2.24, 2.45) is 5.92 Å². The first-order valence-corrected chi connectivity index (χ1v) is 11.1. The summed E-state index contributed by atoms with van der Waals surface area (Å²) in [5, 5.41) is 23.2. The van der Waals surface area contributed by atoms with Gasteiger partial charge in [0.2, 0.25) is 0 Å². The highest BCUT2D eigenvalue weighted by molar-refractivity contribution is 5.47. The Labute approximate surface area is 204 Å². The molecular weight excluding hydrogens is 470 g/mol. The fraction of sp³-hybridized carbons (Fsp3) is 0.200. The van der Waals surface area contributed by atoms with E-state index < -0.39 is 29.3 Å². The van der Waals surface area contributed by atoms with Crippen molar-refractivity contribution in [3.8, 4) is 23.3 Å². The number of halogens is 2. The quantitative estimate of drug-likeness (QED) is 0.443. The Kier molecular flexibility index (Phi) is 6.18. The summed E-state index contributed by atoms with van der Waals surface area (Å²) in [5.41, 5.74) is -0.316. The lowest BCUT2D eigenvalue weighted by molar-refractivity contribution is 0.171. The zero-order chi connectivity index (χ0) is 25.2. The fourth-order valence-electron chi connectivity index (χ4n) is 4.00. The van der Waals surface area contributed by atoms with Gasteiger partial charge in [-0.05, 0) is 42.5 Å². The van der Waals surface area contributed by atoms with Crippen LogP contribution in [-0.4, -0.2) is 43.6 Å². The maximum atomic E-state index is 14.0. The van der Waals surface area contributed by atoms with Gasteiger partial charge < -0.3 is 14.7 Å². The summed E-state index contributed by atoms with van der Waals surface area (Å²) >= 11 is 0. The van der Waals surface area contributed by atoms with Crippen LogP contribution < -0.4 is 15.3 Å². The first-order chi connectivity index (χ1) is 17.4. The molecule has 182 valence electrons. The van der Waals surface area contributed by atoms with Crippen molar-refractivity contribution in [3.63, 3.8) is 0 Å². The molecule has 1 saturated heterocycles. The first-order valence-electron chi connectivity index (χ1n) is 11.1. The number of rotatable bonds is 6. The van der Waals surface area contributed by atoms with Crippen LogP contribution in [0.25, 0.3) is 5.69 Å². The van der Waals surface area contributed by atoms with E-state index in [9.17, 15) is 18.7 Å². The lowest BCUT2D eigenvalue weighted by Gasteiger charge is -2.17. The maximum Gasteiger partial charge on any atom is 0.350 e. The Morgan fingerprint density at radius 2 is 1.83 bits per heavy atom. The number of aliphatic hydroxyl groups is 1. The molecule has 5 rings (SSSR count). The van der Waals surface area contributed by atoms with Crippen molar-refractivity contribution in [2.45, 2.75) is 12.6 Å². The SMILES string of the molecule is N#CC1CN(c2cc(Oc3ccc(-n4ncn(Cc5c(F)cccc5F)c4=O)cc3)ccn2)CC1O. The van der Waals surface area contributed by atoms with Crippen LogP contribution in [0.4, 0.5) is 14.6 Å². The Morgan fingerprint density at radius 1 is 1.08 bits per heavy atom. The molecule has 2 aromatic heterocycles. The number of nitrogens with zero attached hydrogens (tertiary/aromatic N) is 6. The van der Waals surface area contributed by atoms with Gasteiger partial charge in [-0.25, -0.2) is 18.6 Å². The van der Waals surface area contributed by atoms with E-state index in [1.807, 2.05) is 4.90 Å². The summed E-state index contributed by atoms with van der Waals surface area (Å²) in [6, 6.07) is 15.6. The van der Waals surface area contributed by atoms with Crippen molar-refractivity contribution in [3.05, 3.63) is 94.8 Å². The van der Waals surface area contributed by atoms with Crippen LogP contribution in [0.15, 0.2) is 71.9 Å². The van der Waals surface area contributed by atoms with Crippen molar-refractivity contribution in [1.82, 2.24) is 19.3 Å². The van der Waals surface area contributed by atoms with Gasteiger partial charge in [-0.15, -0.1) is 0 Å². The molecule has 2 atom stereocenters. The second kappa shape index (κ2) is 9.59. The third-order valence-corrected chi connectivity index (χ3v) is 5.94. The topological polar surface area (TPSA) is 109 Å². The van der Waals surface area contributed by atoms with E-state index in [-0.39, 0.29) is 12.1 Å². The van der Waals surface area contributed by atoms with E-state index in [0.717, 1.165) is 21.4 Å². The molecule has 0 radical (unpaired) electrons. The van der Waals surface area contributed by atoms with Gasteiger partial charge in [0.15, 0.2) is 0 Å². The largest absolute Gasteiger partial charge is 0.457 e. The first kappa shape index (κ1) is 23.2. The minimum absolute atomic E-state index is 0.216.